The summed E-state index contributed by atoms with van der Waals surface area (Å²) in [4.78, 5) is 4.63. The summed E-state index contributed by atoms with van der Waals surface area (Å²) in [5, 5.41) is 0. The lowest BCUT2D eigenvalue weighted by molar-refractivity contribution is 0.399. The lowest BCUT2D eigenvalue weighted by atomic mass is 9.62. The van der Waals surface area contributed by atoms with E-state index >= 15 is 0 Å². The molecule has 0 radical (unpaired) electrons. The molecule has 0 amide bonds. The zero-order valence-electron chi connectivity index (χ0n) is 35.5. The van der Waals surface area contributed by atoms with E-state index in [9.17, 15) is 0 Å². The molecule has 1 spiro atoms. The van der Waals surface area contributed by atoms with Gasteiger partial charge in [0.1, 0.15) is 23.0 Å². The molecule has 4 heteroatoms. The number of para-hydroxylation sites is 4. The minimum atomic E-state index is -0.763. The maximum Gasteiger partial charge on any atom is 0.134 e. The van der Waals surface area contributed by atoms with Gasteiger partial charge >= 0.3 is 0 Å². The third-order valence-corrected chi connectivity index (χ3v) is 12.7. The maximum atomic E-state index is 7.35. The molecule has 308 valence electrons. The minimum absolute atomic E-state index is 0.763. The van der Waals surface area contributed by atoms with Gasteiger partial charge in [0, 0.05) is 68.5 Å². The second-order valence-corrected chi connectivity index (χ2v) is 16.5. The zero-order valence-corrected chi connectivity index (χ0v) is 35.5. The lowest BCUT2D eigenvalue weighted by Gasteiger charge is -2.45. The largest absolute Gasteiger partial charge is 0.457 e. The average molecular weight is 835 g/mol. The van der Waals surface area contributed by atoms with Crippen LogP contribution in [0.3, 0.4) is 0 Å². The van der Waals surface area contributed by atoms with Gasteiger partial charge in [-0.15, -0.1) is 0 Å². The van der Waals surface area contributed by atoms with Crippen molar-refractivity contribution >= 4 is 34.1 Å². The summed E-state index contributed by atoms with van der Waals surface area (Å²) in [6.45, 7) is 0. The van der Waals surface area contributed by atoms with Gasteiger partial charge < -0.3 is 19.3 Å². The topological polar surface area (TPSA) is 24.9 Å². The highest BCUT2D eigenvalue weighted by molar-refractivity contribution is 5.85. The first-order chi connectivity index (χ1) is 32.2. The van der Waals surface area contributed by atoms with Crippen LogP contribution in [0.5, 0.6) is 23.0 Å². The van der Waals surface area contributed by atoms with Gasteiger partial charge in [0.05, 0.1) is 5.41 Å². The van der Waals surface area contributed by atoms with E-state index in [4.69, 9.17) is 9.47 Å². The monoisotopic (exact) mass is 834 g/mol. The number of nitrogens with zero attached hydrogens (tertiary/aromatic N) is 2. The number of fused-ring (bicyclic) bond motifs is 8. The molecule has 4 nitrogen and oxygen atoms in total. The normalized spacial score (nSPS) is 12.7. The first-order valence-corrected chi connectivity index (χ1v) is 22.1. The Bertz CT molecular complexity index is 3110. The molecular weight excluding hydrogens is 793 g/mol. The fourth-order valence-electron chi connectivity index (χ4n) is 9.89. The number of ether oxygens (including phenoxy) is 2. The van der Waals surface area contributed by atoms with Gasteiger partial charge in [-0.05, 0) is 95.1 Å². The van der Waals surface area contributed by atoms with Crippen LogP contribution in [0.25, 0.3) is 22.3 Å². The molecule has 10 aromatic rings. The third kappa shape index (κ3) is 6.54. The summed E-state index contributed by atoms with van der Waals surface area (Å²) >= 11 is 0. The van der Waals surface area contributed by atoms with Crippen molar-refractivity contribution in [3.8, 4) is 45.3 Å². The summed E-state index contributed by atoms with van der Waals surface area (Å²) in [6, 6.07) is 90.1. The molecule has 0 saturated carbocycles. The van der Waals surface area contributed by atoms with E-state index in [0.29, 0.717) is 0 Å². The highest BCUT2D eigenvalue weighted by atomic mass is 16.5. The van der Waals surface area contributed by atoms with Crippen LogP contribution in [0.1, 0.15) is 22.3 Å². The Morgan fingerprint density at radius 3 is 1.00 bits per heavy atom. The van der Waals surface area contributed by atoms with Crippen molar-refractivity contribution in [2.24, 2.45) is 0 Å². The lowest BCUT2D eigenvalue weighted by Crippen LogP contribution is -2.37. The van der Waals surface area contributed by atoms with Crippen LogP contribution >= 0.6 is 0 Å². The van der Waals surface area contributed by atoms with Crippen LogP contribution < -0.4 is 19.3 Å². The Labute approximate surface area is 379 Å². The zero-order chi connectivity index (χ0) is 43.2. The molecule has 0 atom stereocenters. The van der Waals surface area contributed by atoms with E-state index in [1.165, 1.54) is 11.1 Å². The SMILES string of the molecule is c1ccc(-c2cccc(N(c3ccccc3)c3ccc4c(c3)Oc3cc(N(c5ccccc5)c5cccc(-c6ccccc6)c5)ccc3C43c4ccccc4Oc4ccccc43)c2)cc1. The van der Waals surface area contributed by atoms with Crippen LogP contribution in [0.15, 0.2) is 255 Å². The molecule has 0 saturated heterocycles. The predicted molar refractivity (Wildman–Crippen MR) is 265 cm³/mol. The number of hydrogen-bond acceptors (Lipinski definition) is 4. The van der Waals surface area contributed by atoms with E-state index < -0.39 is 5.41 Å². The van der Waals surface area contributed by atoms with Gasteiger partial charge in [-0.2, -0.15) is 0 Å². The van der Waals surface area contributed by atoms with E-state index in [0.717, 1.165) is 90.5 Å². The summed E-state index contributed by atoms with van der Waals surface area (Å²) in [5.41, 5.74) is 14.2. The fourth-order valence-corrected chi connectivity index (χ4v) is 9.89. The molecular formula is C61H42N2O2. The predicted octanol–water partition coefficient (Wildman–Crippen LogP) is 16.6. The second kappa shape index (κ2) is 15.9. The molecule has 2 aliphatic rings. The molecule has 10 aromatic carbocycles. The van der Waals surface area contributed by atoms with E-state index in [1.807, 2.05) is 0 Å². The van der Waals surface area contributed by atoms with Crippen LogP contribution in [0.2, 0.25) is 0 Å². The van der Waals surface area contributed by atoms with Gasteiger partial charge in [-0.1, -0.05) is 170 Å². The maximum absolute atomic E-state index is 7.35. The van der Waals surface area contributed by atoms with Crippen molar-refractivity contribution in [2.75, 3.05) is 9.80 Å². The summed E-state index contributed by atoms with van der Waals surface area (Å²) < 4.78 is 14.1. The van der Waals surface area contributed by atoms with Crippen molar-refractivity contribution in [1.29, 1.82) is 0 Å². The van der Waals surface area contributed by atoms with Gasteiger partial charge in [0.2, 0.25) is 0 Å². The Balaban J connectivity index is 1.08. The molecule has 2 heterocycles. The Morgan fingerprint density at radius 1 is 0.231 bits per heavy atom. The van der Waals surface area contributed by atoms with Crippen molar-refractivity contribution < 1.29 is 9.47 Å². The van der Waals surface area contributed by atoms with Crippen LogP contribution in [0.4, 0.5) is 34.1 Å². The van der Waals surface area contributed by atoms with Crippen molar-refractivity contribution in [3.63, 3.8) is 0 Å². The van der Waals surface area contributed by atoms with E-state index in [2.05, 4.69) is 265 Å². The molecule has 65 heavy (non-hydrogen) atoms. The molecule has 0 bridgehead atoms. The van der Waals surface area contributed by atoms with Gasteiger partial charge in [-0.25, -0.2) is 0 Å². The highest BCUT2D eigenvalue weighted by Crippen LogP contribution is 2.62. The van der Waals surface area contributed by atoms with Crippen LogP contribution in [-0.4, -0.2) is 0 Å². The Kier molecular flexibility index (Phi) is 9.35. The molecule has 0 aliphatic carbocycles. The number of anilines is 6. The Morgan fingerprint density at radius 2 is 0.554 bits per heavy atom. The summed E-state index contributed by atoms with van der Waals surface area (Å²) in [7, 11) is 0. The standard InChI is InChI=1S/C61H42N2O2/c1-5-19-43(20-6-1)45-23-17-29-49(39-45)62(47-25-9-3-10-26-47)51-35-37-55-59(41-51)65-60-42-52(36-38-56(60)61(55)53-31-13-15-33-57(53)64-58-34-16-14-32-54(58)61)63(48-27-11-4-12-28-48)50-30-18-24-46(40-50)44-21-7-2-8-22-44/h1-42H. The minimum Gasteiger partial charge on any atom is -0.457 e. The van der Waals surface area contributed by atoms with Crippen molar-refractivity contribution in [2.45, 2.75) is 5.41 Å². The molecule has 0 N–H and O–H groups in total. The van der Waals surface area contributed by atoms with Gasteiger partial charge in [0.15, 0.2) is 0 Å². The number of benzene rings is 10. The molecule has 12 rings (SSSR count). The van der Waals surface area contributed by atoms with Crippen LogP contribution in [0, 0.1) is 0 Å². The first kappa shape index (κ1) is 38.1. The number of rotatable bonds is 8. The smallest absolute Gasteiger partial charge is 0.134 e. The van der Waals surface area contributed by atoms with Crippen LogP contribution in [-0.2, 0) is 5.41 Å². The van der Waals surface area contributed by atoms with E-state index in [-0.39, 0.29) is 0 Å². The molecule has 0 fully saturated rings. The molecule has 0 unspecified atom stereocenters. The van der Waals surface area contributed by atoms with Gasteiger partial charge in [0.25, 0.3) is 0 Å². The number of hydrogen-bond donors (Lipinski definition) is 0. The Hall–Kier alpha value is -8.60. The molecule has 2 aliphatic heterocycles. The summed E-state index contributed by atoms with van der Waals surface area (Å²) in [5.74, 6) is 3.20. The quantitative estimate of drug-likeness (QED) is 0.152. The van der Waals surface area contributed by atoms with Gasteiger partial charge in [-0.3, -0.25) is 0 Å². The average Bonchev–Trinajstić information content (AvgIpc) is 3.38. The van der Waals surface area contributed by atoms with E-state index in [1.54, 1.807) is 0 Å². The highest BCUT2D eigenvalue weighted by Gasteiger charge is 2.50. The summed E-state index contributed by atoms with van der Waals surface area (Å²) in [6.07, 6.45) is 0. The third-order valence-electron chi connectivity index (χ3n) is 12.7. The van der Waals surface area contributed by atoms with Crippen molar-refractivity contribution in [1.82, 2.24) is 0 Å². The second-order valence-electron chi connectivity index (χ2n) is 16.5. The molecule has 0 aromatic heterocycles. The first-order valence-electron chi connectivity index (χ1n) is 22.1. The van der Waals surface area contributed by atoms with Crippen molar-refractivity contribution in [3.05, 3.63) is 277 Å². The fraction of sp³-hybridized carbons (Fsp3) is 0.0164.